The molecule has 1 aliphatic carbocycles. The summed E-state index contributed by atoms with van der Waals surface area (Å²) in [6.45, 7) is 2.10. The molecular weight excluding hydrogens is 308 g/mol. The number of aromatic nitrogens is 1. The van der Waals surface area contributed by atoms with Crippen LogP contribution >= 0.6 is 0 Å². The number of nitrogens with zero attached hydrogens (tertiary/aromatic N) is 2. The zero-order valence-corrected chi connectivity index (χ0v) is 14.2. The van der Waals surface area contributed by atoms with Crippen LogP contribution in [-0.2, 0) is 0 Å². The summed E-state index contributed by atoms with van der Waals surface area (Å²) >= 11 is 0. The molecular formula is C22H18N2O. The zero-order valence-electron chi connectivity index (χ0n) is 14.2. The lowest BCUT2D eigenvalue weighted by molar-refractivity contribution is 0.104. The summed E-state index contributed by atoms with van der Waals surface area (Å²) in [6.07, 6.45) is 13.5. The van der Waals surface area contributed by atoms with Crippen LogP contribution in [0.3, 0.4) is 0 Å². The molecule has 0 fully saturated rings. The number of ketones is 1. The number of pyridine rings is 1. The Kier molecular flexibility index (Phi) is 3.69. The van der Waals surface area contributed by atoms with Gasteiger partial charge < -0.3 is 4.90 Å². The Morgan fingerprint density at radius 3 is 2.80 bits per heavy atom. The first kappa shape index (κ1) is 15.3. The molecule has 0 atom stereocenters. The Morgan fingerprint density at radius 1 is 1.04 bits per heavy atom. The Bertz CT molecular complexity index is 993. The van der Waals surface area contributed by atoms with Crippen molar-refractivity contribution in [3.05, 3.63) is 95.0 Å². The molecule has 0 spiro atoms. The second-order valence-corrected chi connectivity index (χ2v) is 6.27. The largest absolute Gasteiger partial charge is 0.344 e. The molecule has 3 heteroatoms. The number of anilines is 1. The van der Waals surface area contributed by atoms with Gasteiger partial charge >= 0.3 is 0 Å². The zero-order chi connectivity index (χ0) is 17.4. The summed E-state index contributed by atoms with van der Waals surface area (Å²) in [5, 5.41) is 0. The summed E-state index contributed by atoms with van der Waals surface area (Å²) in [7, 11) is 2.07. The molecule has 0 radical (unpaired) electrons. The molecule has 0 bridgehead atoms. The Morgan fingerprint density at radius 2 is 1.92 bits per heavy atom. The number of aryl methyl sites for hydroxylation is 1. The number of benzene rings is 1. The Hall–Kier alpha value is -3.20. The van der Waals surface area contributed by atoms with Crippen LogP contribution in [0.4, 0.5) is 5.69 Å². The van der Waals surface area contributed by atoms with Crippen molar-refractivity contribution in [1.29, 1.82) is 0 Å². The molecule has 1 aliphatic heterocycles. The Labute approximate surface area is 147 Å². The lowest BCUT2D eigenvalue weighted by Crippen LogP contribution is -2.18. The van der Waals surface area contributed by atoms with E-state index in [9.17, 15) is 4.79 Å². The monoisotopic (exact) mass is 326 g/mol. The molecule has 122 valence electrons. The van der Waals surface area contributed by atoms with Crippen LogP contribution in [0.25, 0.3) is 11.6 Å². The van der Waals surface area contributed by atoms with Crippen molar-refractivity contribution in [3.8, 4) is 0 Å². The van der Waals surface area contributed by atoms with E-state index < -0.39 is 0 Å². The number of hydrogen-bond acceptors (Lipinski definition) is 3. The number of fused-ring (bicyclic) bond motifs is 2. The van der Waals surface area contributed by atoms with Crippen LogP contribution in [0, 0.1) is 6.92 Å². The van der Waals surface area contributed by atoms with E-state index in [1.54, 1.807) is 12.3 Å². The molecule has 2 aromatic rings. The van der Waals surface area contributed by atoms with Gasteiger partial charge in [-0.2, -0.15) is 0 Å². The van der Waals surface area contributed by atoms with Crippen LogP contribution in [0.15, 0.2) is 72.6 Å². The normalized spacial score (nSPS) is 18.6. The first-order chi connectivity index (χ1) is 12.1. The molecule has 0 amide bonds. The third-order valence-corrected chi connectivity index (χ3v) is 4.57. The van der Waals surface area contributed by atoms with Crippen molar-refractivity contribution in [2.24, 2.45) is 0 Å². The molecule has 1 aromatic heterocycles. The maximum atomic E-state index is 11.9. The van der Waals surface area contributed by atoms with Crippen LogP contribution in [0.1, 0.15) is 27.2 Å². The molecule has 3 nitrogen and oxygen atoms in total. The predicted octanol–water partition coefficient (Wildman–Crippen LogP) is 4.57. The van der Waals surface area contributed by atoms with E-state index in [1.165, 1.54) is 16.8 Å². The third kappa shape index (κ3) is 2.74. The van der Waals surface area contributed by atoms with Crippen molar-refractivity contribution in [2.75, 3.05) is 11.9 Å². The van der Waals surface area contributed by atoms with Gasteiger partial charge in [-0.1, -0.05) is 35.9 Å². The smallest absolute Gasteiger partial charge is 0.204 e. The summed E-state index contributed by atoms with van der Waals surface area (Å²) in [4.78, 5) is 18.3. The number of carbonyl (C=O) groups excluding carboxylic acids is 1. The Balaban J connectivity index is 1.71. The minimum absolute atomic E-state index is 0.0422. The summed E-state index contributed by atoms with van der Waals surface area (Å²) in [5.41, 5.74) is 7.16. The minimum Gasteiger partial charge on any atom is -0.344 e. The van der Waals surface area contributed by atoms with Gasteiger partial charge in [0.2, 0.25) is 5.78 Å². The summed E-state index contributed by atoms with van der Waals surface area (Å²) < 4.78 is 0. The molecule has 1 aromatic carbocycles. The average Bonchev–Trinajstić information content (AvgIpc) is 2.63. The van der Waals surface area contributed by atoms with E-state index in [1.807, 2.05) is 24.3 Å². The molecule has 2 aliphatic rings. The number of carbonyl (C=O) groups is 1. The van der Waals surface area contributed by atoms with Gasteiger partial charge in [-0.3, -0.25) is 9.78 Å². The number of allylic oxidation sites excluding steroid dienone is 6. The van der Waals surface area contributed by atoms with E-state index in [4.69, 9.17) is 0 Å². The predicted molar refractivity (Wildman–Crippen MR) is 102 cm³/mol. The molecule has 2 heterocycles. The molecule has 0 unspecified atom stereocenters. The lowest BCUT2D eigenvalue weighted by atomic mass is 9.95. The van der Waals surface area contributed by atoms with Crippen molar-refractivity contribution in [3.63, 3.8) is 0 Å². The molecule has 0 saturated heterocycles. The fraction of sp³-hybridized carbons (Fsp3) is 0.0909. The number of likely N-dealkylation sites (N-methyl/N-ethyl adjacent to an activating group) is 1. The van der Waals surface area contributed by atoms with E-state index in [0.29, 0.717) is 5.69 Å². The van der Waals surface area contributed by atoms with Gasteiger partial charge in [0.05, 0.1) is 0 Å². The molecule has 0 N–H and O–H groups in total. The van der Waals surface area contributed by atoms with E-state index in [-0.39, 0.29) is 5.78 Å². The van der Waals surface area contributed by atoms with Crippen LogP contribution in [-0.4, -0.2) is 17.8 Å². The highest BCUT2D eigenvalue weighted by Gasteiger charge is 2.17. The van der Waals surface area contributed by atoms with Crippen LogP contribution < -0.4 is 4.90 Å². The highest BCUT2D eigenvalue weighted by atomic mass is 16.1. The molecule has 4 rings (SSSR count). The van der Waals surface area contributed by atoms with Crippen molar-refractivity contribution in [2.45, 2.75) is 6.92 Å². The van der Waals surface area contributed by atoms with Gasteiger partial charge in [0.1, 0.15) is 5.69 Å². The van der Waals surface area contributed by atoms with Crippen LogP contribution in [0.2, 0.25) is 0 Å². The van der Waals surface area contributed by atoms with Crippen molar-refractivity contribution < 1.29 is 4.79 Å². The van der Waals surface area contributed by atoms with E-state index >= 15 is 0 Å². The standard InChI is InChI=1S/C22H18N2O/c1-15-5-11-20-17(14-15)7-10-18(24(20)2)9-6-16-8-12-21(25)22-19(16)4-3-13-23-22/h3-14H,1-2H3/b16-6+,18-9-. The SMILES string of the molecule is Cc1ccc2c(c1)C=C/C(=C/C=C1\C=CC(=O)c3ncccc31)N2C. The number of rotatable bonds is 1. The van der Waals surface area contributed by atoms with Gasteiger partial charge in [-0.15, -0.1) is 0 Å². The van der Waals surface area contributed by atoms with Gasteiger partial charge in [0.15, 0.2) is 0 Å². The van der Waals surface area contributed by atoms with Crippen molar-refractivity contribution >= 4 is 23.1 Å². The minimum atomic E-state index is -0.0422. The van der Waals surface area contributed by atoms with Gasteiger partial charge in [0, 0.05) is 30.2 Å². The maximum Gasteiger partial charge on any atom is 0.204 e. The van der Waals surface area contributed by atoms with Gasteiger partial charge in [0.25, 0.3) is 0 Å². The second-order valence-electron chi connectivity index (χ2n) is 6.27. The number of hydrogen-bond donors (Lipinski definition) is 0. The average molecular weight is 326 g/mol. The highest BCUT2D eigenvalue weighted by molar-refractivity contribution is 6.11. The topological polar surface area (TPSA) is 33.2 Å². The maximum absolute atomic E-state index is 11.9. The summed E-state index contributed by atoms with van der Waals surface area (Å²) in [6, 6.07) is 10.3. The van der Waals surface area contributed by atoms with E-state index in [0.717, 1.165) is 16.8 Å². The lowest BCUT2D eigenvalue weighted by Gasteiger charge is -2.26. The fourth-order valence-electron chi connectivity index (χ4n) is 3.20. The quantitative estimate of drug-likeness (QED) is 0.769. The van der Waals surface area contributed by atoms with Gasteiger partial charge in [-0.25, -0.2) is 0 Å². The molecule has 0 saturated carbocycles. The molecule has 25 heavy (non-hydrogen) atoms. The fourth-order valence-corrected chi connectivity index (χ4v) is 3.20. The second kappa shape index (κ2) is 6.02. The van der Waals surface area contributed by atoms with Crippen LogP contribution in [0.5, 0.6) is 0 Å². The van der Waals surface area contributed by atoms with Crippen molar-refractivity contribution in [1.82, 2.24) is 4.98 Å². The first-order valence-corrected chi connectivity index (χ1v) is 8.26. The van der Waals surface area contributed by atoms with E-state index in [2.05, 4.69) is 60.3 Å². The first-order valence-electron chi connectivity index (χ1n) is 8.26. The highest BCUT2D eigenvalue weighted by Crippen LogP contribution is 2.31. The van der Waals surface area contributed by atoms with Gasteiger partial charge in [-0.05, 0) is 54.5 Å². The summed E-state index contributed by atoms with van der Waals surface area (Å²) in [5.74, 6) is -0.0422. The third-order valence-electron chi connectivity index (χ3n) is 4.57.